The van der Waals surface area contributed by atoms with Crippen molar-refractivity contribution < 1.29 is 9.90 Å². The first-order valence-corrected chi connectivity index (χ1v) is 7.23. The van der Waals surface area contributed by atoms with Gasteiger partial charge in [-0.15, -0.1) is 0 Å². The number of amides is 1. The van der Waals surface area contributed by atoms with Crippen molar-refractivity contribution in [2.45, 2.75) is 32.4 Å². The number of carbonyl (C=O) groups is 1. The van der Waals surface area contributed by atoms with Crippen LogP contribution in [0.15, 0.2) is 36.5 Å². The molecule has 6 heteroatoms. The summed E-state index contributed by atoms with van der Waals surface area (Å²) < 4.78 is 1.73. The molecule has 5 nitrogen and oxygen atoms in total. The van der Waals surface area contributed by atoms with Crippen LogP contribution in [0.25, 0.3) is 0 Å². The number of aromatic nitrogens is 2. The Balaban J connectivity index is 1.94. The average Bonchev–Trinajstić information content (AvgIpc) is 2.87. The molecule has 1 unspecified atom stereocenters. The first-order valence-electron chi connectivity index (χ1n) is 6.85. The minimum atomic E-state index is -0.857. The third kappa shape index (κ3) is 4.31. The van der Waals surface area contributed by atoms with Crippen LogP contribution < -0.4 is 5.32 Å². The number of rotatable bonds is 6. The van der Waals surface area contributed by atoms with Gasteiger partial charge in [-0.3, -0.25) is 4.79 Å². The first kappa shape index (κ1) is 15.5. The minimum absolute atomic E-state index is 0.0149. The van der Waals surface area contributed by atoms with E-state index in [0.29, 0.717) is 16.4 Å². The molecule has 0 fully saturated rings. The number of anilines is 1. The summed E-state index contributed by atoms with van der Waals surface area (Å²) in [7, 11) is 0. The van der Waals surface area contributed by atoms with Gasteiger partial charge in [0.2, 0.25) is 5.91 Å². The lowest BCUT2D eigenvalue weighted by molar-refractivity contribution is -0.118. The smallest absolute Gasteiger partial charge is 0.228 e. The predicted octanol–water partition coefficient (Wildman–Crippen LogP) is 3.01. The highest BCUT2D eigenvalue weighted by Crippen LogP contribution is 2.20. The number of hydrogen-bond acceptors (Lipinski definition) is 3. The zero-order valence-corrected chi connectivity index (χ0v) is 12.5. The number of nitrogens with zero attached hydrogens (tertiary/aromatic N) is 2. The Labute approximate surface area is 128 Å². The van der Waals surface area contributed by atoms with Gasteiger partial charge in [0.25, 0.3) is 0 Å². The van der Waals surface area contributed by atoms with Gasteiger partial charge >= 0.3 is 0 Å². The summed E-state index contributed by atoms with van der Waals surface area (Å²) in [6.07, 6.45) is 1.70. The van der Waals surface area contributed by atoms with E-state index in [2.05, 4.69) is 10.4 Å². The van der Waals surface area contributed by atoms with Crippen molar-refractivity contribution in [1.29, 1.82) is 0 Å². The zero-order valence-electron chi connectivity index (χ0n) is 11.8. The van der Waals surface area contributed by atoms with Gasteiger partial charge < -0.3 is 10.4 Å². The van der Waals surface area contributed by atoms with Crippen LogP contribution in [-0.4, -0.2) is 20.8 Å². The molecule has 1 aromatic heterocycles. The van der Waals surface area contributed by atoms with Gasteiger partial charge in [0.05, 0.1) is 18.7 Å². The number of aliphatic hydroxyl groups excluding tert-OH is 1. The van der Waals surface area contributed by atoms with E-state index in [1.807, 2.05) is 6.92 Å². The number of aryl methyl sites for hydroxylation is 1. The van der Waals surface area contributed by atoms with Crippen molar-refractivity contribution in [3.63, 3.8) is 0 Å². The minimum Gasteiger partial charge on any atom is -0.388 e. The van der Waals surface area contributed by atoms with Crippen LogP contribution in [0.5, 0.6) is 0 Å². The fraction of sp³-hybridized carbons (Fsp3) is 0.333. The monoisotopic (exact) mass is 307 g/mol. The molecule has 21 heavy (non-hydrogen) atoms. The molecule has 0 aliphatic carbocycles. The Morgan fingerprint density at radius 3 is 2.76 bits per heavy atom. The normalized spacial score (nSPS) is 12.1. The molecular weight excluding hydrogens is 290 g/mol. The Morgan fingerprint density at radius 1 is 1.38 bits per heavy atom. The molecule has 2 N–H and O–H groups in total. The van der Waals surface area contributed by atoms with Crippen LogP contribution in [0.4, 0.5) is 5.82 Å². The predicted molar refractivity (Wildman–Crippen MR) is 82.2 cm³/mol. The van der Waals surface area contributed by atoms with Gasteiger partial charge in [0.1, 0.15) is 5.82 Å². The lowest BCUT2D eigenvalue weighted by Crippen LogP contribution is -2.18. The number of halogens is 1. The second-order valence-electron chi connectivity index (χ2n) is 4.76. The van der Waals surface area contributed by atoms with E-state index < -0.39 is 6.10 Å². The van der Waals surface area contributed by atoms with Crippen LogP contribution in [0, 0.1) is 0 Å². The van der Waals surface area contributed by atoms with Gasteiger partial charge in [0, 0.05) is 17.6 Å². The fourth-order valence-electron chi connectivity index (χ4n) is 2.00. The summed E-state index contributed by atoms with van der Waals surface area (Å²) in [6, 6.07) is 8.54. The highest BCUT2D eigenvalue weighted by atomic mass is 35.5. The fourth-order valence-corrected chi connectivity index (χ4v) is 2.13. The highest BCUT2D eigenvalue weighted by molar-refractivity contribution is 6.30. The van der Waals surface area contributed by atoms with Crippen LogP contribution in [0.3, 0.4) is 0 Å². The maximum atomic E-state index is 12.0. The van der Waals surface area contributed by atoms with E-state index in [-0.39, 0.29) is 12.3 Å². The van der Waals surface area contributed by atoms with Gasteiger partial charge in [0.15, 0.2) is 0 Å². The molecule has 112 valence electrons. The number of aliphatic hydroxyl groups is 1. The Hall–Kier alpha value is -1.85. The molecule has 0 spiro atoms. The van der Waals surface area contributed by atoms with Crippen LogP contribution in [0.2, 0.25) is 5.02 Å². The van der Waals surface area contributed by atoms with Crippen LogP contribution >= 0.6 is 11.6 Å². The molecule has 1 aromatic carbocycles. The summed E-state index contributed by atoms with van der Waals surface area (Å²) in [5.41, 5.74) is 0.664. The maximum Gasteiger partial charge on any atom is 0.228 e. The Bertz CT molecular complexity index is 595. The number of hydrogen-bond donors (Lipinski definition) is 2. The van der Waals surface area contributed by atoms with E-state index in [0.717, 1.165) is 13.0 Å². The highest BCUT2D eigenvalue weighted by Gasteiger charge is 2.14. The second-order valence-corrected chi connectivity index (χ2v) is 5.20. The van der Waals surface area contributed by atoms with Crippen molar-refractivity contribution in [3.05, 3.63) is 47.1 Å². The summed E-state index contributed by atoms with van der Waals surface area (Å²) in [5.74, 6) is 0.389. The number of nitrogens with one attached hydrogen (secondary N) is 1. The molecule has 0 bridgehead atoms. The molecule has 0 aliphatic heterocycles. The number of carbonyl (C=O) groups excluding carboxylic acids is 1. The summed E-state index contributed by atoms with van der Waals surface area (Å²) in [4.78, 5) is 12.0. The van der Waals surface area contributed by atoms with E-state index in [4.69, 9.17) is 11.6 Å². The molecule has 1 atom stereocenters. The van der Waals surface area contributed by atoms with Gasteiger partial charge in [-0.2, -0.15) is 5.10 Å². The average molecular weight is 308 g/mol. The number of benzene rings is 1. The summed E-state index contributed by atoms with van der Waals surface area (Å²) in [5, 5.41) is 17.5. The Morgan fingerprint density at radius 2 is 2.10 bits per heavy atom. The van der Waals surface area contributed by atoms with Crippen molar-refractivity contribution in [2.75, 3.05) is 5.32 Å². The summed E-state index contributed by atoms with van der Waals surface area (Å²) in [6.45, 7) is 2.78. The van der Waals surface area contributed by atoms with Crippen molar-refractivity contribution in [1.82, 2.24) is 9.78 Å². The molecule has 2 rings (SSSR count). The molecule has 0 aliphatic rings. The molecule has 0 saturated carbocycles. The quantitative estimate of drug-likeness (QED) is 0.862. The van der Waals surface area contributed by atoms with Crippen LogP contribution in [0.1, 0.15) is 31.4 Å². The molecule has 1 amide bonds. The first-order chi connectivity index (χ1) is 10.1. The van der Waals surface area contributed by atoms with Crippen molar-refractivity contribution in [3.8, 4) is 0 Å². The topological polar surface area (TPSA) is 67.2 Å². The zero-order chi connectivity index (χ0) is 15.2. The van der Waals surface area contributed by atoms with E-state index in [9.17, 15) is 9.90 Å². The Kier molecular flexibility index (Phi) is 5.36. The van der Waals surface area contributed by atoms with Crippen molar-refractivity contribution >= 4 is 23.3 Å². The van der Waals surface area contributed by atoms with Gasteiger partial charge in [-0.25, -0.2) is 4.68 Å². The van der Waals surface area contributed by atoms with Gasteiger partial charge in [-0.05, 0) is 24.1 Å². The lowest BCUT2D eigenvalue weighted by atomic mass is 10.1. The van der Waals surface area contributed by atoms with Crippen molar-refractivity contribution in [2.24, 2.45) is 0 Å². The summed E-state index contributed by atoms with van der Waals surface area (Å²) >= 11 is 5.79. The van der Waals surface area contributed by atoms with E-state index in [1.165, 1.54) is 0 Å². The van der Waals surface area contributed by atoms with E-state index >= 15 is 0 Å². The van der Waals surface area contributed by atoms with E-state index in [1.54, 1.807) is 41.2 Å². The second kappa shape index (κ2) is 7.24. The third-order valence-electron chi connectivity index (χ3n) is 3.05. The SMILES string of the molecule is CCCn1nccc1NC(=O)CC(O)c1ccc(Cl)cc1. The molecule has 0 saturated heterocycles. The van der Waals surface area contributed by atoms with Crippen LogP contribution in [-0.2, 0) is 11.3 Å². The molecule has 0 radical (unpaired) electrons. The lowest BCUT2D eigenvalue weighted by Gasteiger charge is -2.12. The maximum absolute atomic E-state index is 12.0. The third-order valence-corrected chi connectivity index (χ3v) is 3.30. The molecule has 2 aromatic rings. The molecular formula is C15H18ClN3O2. The largest absolute Gasteiger partial charge is 0.388 e. The standard InChI is InChI=1S/C15H18ClN3O2/c1-2-9-19-14(7-8-17-19)18-15(21)10-13(20)11-3-5-12(16)6-4-11/h3-8,13,20H,2,9-10H2,1H3,(H,18,21). The van der Waals surface area contributed by atoms with Gasteiger partial charge in [-0.1, -0.05) is 30.7 Å². The molecule has 1 heterocycles.